The molecule has 0 N–H and O–H groups in total. The summed E-state index contributed by atoms with van der Waals surface area (Å²) >= 11 is 0. The van der Waals surface area contributed by atoms with E-state index in [1.54, 1.807) is 25.2 Å². The maximum atomic E-state index is 13.2. The Kier molecular flexibility index (Phi) is 6.44. The lowest BCUT2D eigenvalue weighted by molar-refractivity contribution is 0.0698. The molecule has 1 aliphatic heterocycles. The second-order valence-corrected chi connectivity index (χ2v) is 7.51. The van der Waals surface area contributed by atoms with Gasteiger partial charge in [-0.25, -0.2) is 0 Å². The van der Waals surface area contributed by atoms with Gasteiger partial charge >= 0.3 is 0 Å². The highest BCUT2D eigenvalue weighted by Gasteiger charge is 2.34. The smallest absolute Gasteiger partial charge is 0.290 e. The van der Waals surface area contributed by atoms with Crippen LogP contribution in [0.15, 0.2) is 70.1 Å². The lowest BCUT2D eigenvalue weighted by Gasteiger charge is -2.26. The van der Waals surface area contributed by atoms with Crippen LogP contribution >= 0.6 is 0 Å². The number of benzene rings is 2. The van der Waals surface area contributed by atoms with Gasteiger partial charge in [0.05, 0.1) is 20.3 Å². The van der Waals surface area contributed by atoms with E-state index in [0.717, 1.165) is 24.0 Å². The molecule has 1 aliphatic rings. The van der Waals surface area contributed by atoms with Crippen molar-refractivity contribution in [1.29, 1.82) is 0 Å². The molecule has 7 nitrogen and oxygen atoms in total. The van der Waals surface area contributed by atoms with Crippen LogP contribution in [0.4, 0.5) is 0 Å². The maximum absolute atomic E-state index is 13.2. The number of ether oxygens (including phenoxy) is 3. The molecule has 0 spiro atoms. The van der Waals surface area contributed by atoms with E-state index in [-0.39, 0.29) is 30.1 Å². The van der Waals surface area contributed by atoms with Crippen LogP contribution in [0.25, 0.3) is 0 Å². The first-order valence-corrected chi connectivity index (χ1v) is 10.4. The number of amides is 1. The number of rotatable bonds is 7. The van der Waals surface area contributed by atoms with Crippen molar-refractivity contribution in [3.63, 3.8) is 0 Å². The molecule has 1 atom stereocenters. The number of methoxy groups -OCH3 is 2. The Balaban J connectivity index is 1.52. The molecular formula is C25H25NO6. The van der Waals surface area contributed by atoms with Crippen LogP contribution < -0.4 is 19.6 Å². The second kappa shape index (κ2) is 9.60. The molecule has 1 aromatic heterocycles. The van der Waals surface area contributed by atoms with Crippen LogP contribution in [-0.2, 0) is 6.61 Å². The van der Waals surface area contributed by atoms with Crippen molar-refractivity contribution in [2.24, 2.45) is 0 Å². The number of nitrogens with zero attached hydrogens (tertiary/aromatic N) is 1. The third-order valence-electron chi connectivity index (χ3n) is 5.56. The minimum atomic E-state index is -0.395. The number of hydrogen-bond donors (Lipinski definition) is 0. The number of likely N-dealkylation sites (tertiary alicyclic amines) is 1. The number of carbonyl (C=O) groups excluding carboxylic acids is 1. The van der Waals surface area contributed by atoms with Gasteiger partial charge in [0.25, 0.3) is 5.91 Å². The highest BCUT2D eigenvalue weighted by atomic mass is 16.5. The fourth-order valence-corrected chi connectivity index (χ4v) is 3.92. The van der Waals surface area contributed by atoms with E-state index in [1.807, 2.05) is 42.5 Å². The Labute approximate surface area is 186 Å². The summed E-state index contributed by atoms with van der Waals surface area (Å²) in [6, 6.07) is 16.1. The summed E-state index contributed by atoms with van der Waals surface area (Å²) in [5.41, 5.74) is 1.43. The van der Waals surface area contributed by atoms with Crippen molar-refractivity contribution in [2.75, 3.05) is 20.8 Å². The molecule has 166 valence electrons. The number of hydrogen-bond acceptors (Lipinski definition) is 6. The summed E-state index contributed by atoms with van der Waals surface area (Å²) in [7, 11) is 3.18. The molecule has 32 heavy (non-hydrogen) atoms. The van der Waals surface area contributed by atoms with E-state index in [9.17, 15) is 9.59 Å². The van der Waals surface area contributed by atoms with Gasteiger partial charge in [0.15, 0.2) is 5.76 Å². The zero-order valence-electron chi connectivity index (χ0n) is 18.1. The lowest BCUT2D eigenvalue weighted by atomic mass is 10.0. The molecule has 3 aromatic rings. The summed E-state index contributed by atoms with van der Waals surface area (Å²) in [6.07, 6.45) is 2.84. The van der Waals surface area contributed by atoms with Crippen LogP contribution in [0.2, 0.25) is 0 Å². The first-order valence-electron chi connectivity index (χ1n) is 10.4. The van der Waals surface area contributed by atoms with Crippen molar-refractivity contribution < 1.29 is 23.4 Å². The fraction of sp³-hybridized carbons (Fsp3) is 0.280. The Morgan fingerprint density at radius 1 is 1.06 bits per heavy atom. The molecular weight excluding hydrogens is 410 g/mol. The van der Waals surface area contributed by atoms with Crippen molar-refractivity contribution in [3.05, 3.63) is 88.0 Å². The summed E-state index contributed by atoms with van der Waals surface area (Å²) in [5, 5.41) is 0. The third-order valence-corrected chi connectivity index (χ3v) is 5.56. The van der Waals surface area contributed by atoms with E-state index in [4.69, 9.17) is 18.6 Å². The standard InChI is InChI=1S/C25H25NO6/c1-29-18-10-11-19(22(13-18)30-2)20-9-6-12-26(20)25(28)23-14-21(27)24(16-32-23)31-15-17-7-4-3-5-8-17/h3-5,7-8,10-11,13-14,16,20H,6,9,12,15H2,1-2H3/t20-/m0/s1. The van der Waals surface area contributed by atoms with Gasteiger partial charge in [-0.05, 0) is 30.5 Å². The minimum Gasteiger partial charge on any atom is -0.497 e. The highest BCUT2D eigenvalue weighted by Crippen LogP contribution is 2.39. The monoisotopic (exact) mass is 435 g/mol. The number of carbonyl (C=O) groups is 1. The van der Waals surface area contributed by atoms with Crippen molar-refractivity contribution in [3.8, 4) is 17.2 Å². The average Bonchev–Trinajstić information content (AvgIpc) is 3.32. The van der Waals surface area contributed by atoms with Crippen molar-refractivity contribution in [2.45, 2.75) is 25.5 Å². The fourth-order valence-electron chi connectivity index (χ4n) is 3.92. The first-order chi connectivity index (χ1) is 15.6. The molecule has 7 heteroatoms. The molecule has 1 fully saturated rings. The highest BCUT2D eigenvalue weighted by molar-refractivity contribution is 5.92. The Morgan fingerprint density at radius 2 is 1.88 bits per heavy atom. The Bertz CT molecular complexity index is 1140. The molecule has 0 bridgehead atoms. The van der Waals surface area contributed by atoms with Crippen LogP contribution in [0.3, 0.4) is 0 Å². The lowest BCUT2D eigenvalue weighted by Crippen LogP contribution is -2.31. The predicted molar refractivity (Wildman–Crippen MR) is 118 cm³/mol. The van der Waals surface area contributed by atoms with Crippen LogP contribution in [-0.4, -0.2) is 31.6 Å². The van der Waals surface area contributed by atoms with Gasteiger partial charge in [-0.3, -0.25) is 9.59 Å². The summed E-state index contributed by atoms with van der Waals surface area (Å²) in [6.45, 7) is 0.805. The molecule has 0 saturated carbocycles. The van der Waals surface area contributed by atoms with Gasteiger partial charge in [-0.1, -0.05) is 30.3 Å². The van der Waals surface area contributed by atoms with Gasteiger partial charge < -0.3 is 23.5 Å². The zero-order chi connectivity index (χ0) is 22.5. The zero-order valence-corrected chi connectivity index (χ0v) is 18.1. The third kappa shape index (κ3) is 4.46. The van der Waals surface area contributed by atoms with Crippen LogP contribution in [0.1, 0.15) is 40.6 Å². The van der Waals surface area contributed by atoms with E-state index < -0.39 is 5.43 Å². The summed E-state index contributed by atoms with van der Waals surface area (Å²) < 4.78 is 21.9. The molecule has 0 aliphatic carbocycles. The average molecular weight is 435 g/mol. The van der Waals surface area contributed by atoms with E-state index in [2.05, 4.69) is 0 Å². The van der Waals surface area contributed by atoms with Crippen LogP contribution in [0, 0.1) is 0 Å². The molecule has 1 amide bonds. The van der Waals surface area contributed by atoms with Gasteiger partial charge in [-0.2, -0.15) is 0 Å². The van der Waals surface area contributed by atoms with E-state index in [0.29, 0.717) is 18.0 Å². The topological polar surface area (TPSA) is 78.2 Å². The molecule has 0 unspecified atom stereocenters. The van der Waals surface area contributed by atoms with Gasteiger partial charge in [0.2, 0.25) is 11.2 Å². The predicted octanol–water partition coefficient (Wildman–Crippen LogP) is 4.21. The van der Waals surface area contributed by atoms with Gasteiger partial charge in [-0.15, -0.1) is 0 Å². The summed E-state index contributed by atoms with van der Waals surface area (Å²) in [5.74, 6) is 1.05. The van der Waals surface area contributed by atoms with Gasteiger partial charge in [0.1, 0.15) is 24.4 Å². The Hall–Kier alpha value is -3.74. The molecule has 2 heterocycles. The second-order valence-electron chi connectivity index (χ2n) is 7.51. The maximum Gasteiger partial charge on any atom is 0.290 e. The molecule has 4 rings (SSSR count). The largest absolute Gasteiger partial charge is 0.497 e. The SMILES string of the molecule is COc1ccc([C@@H]2CCCN2C(=O)c2cc(=O)c(OCc3ccccc3)co2)c(OC)c1. The van der Waals surface area contributed by atoms with E-state index in [1.165, 1.54) is 12.3 Å². The van der Waals surface area contributed by atoms with E-state index >= 15 is 0 Å². The first kappa shape index (κ1) is 21.5. The Morgan fingerprint density at radius 3 is 2.59 bits per heavy atom. The summed E-state index contributed by atoms with van der Waals surface area (Å²) in [4.78, 5) is 27.4. The minimum absolute atomic E-state index is 0.0126. The molecule has 2 aromatic carbocycles. The van der Waals surface area contributed by atoms with Crippen molar-refractivity contribution in [1.82, 2.24) is 4.90 Å². The molecule has 1 saturated heterocycles. The quantitative estimate of drug-likeness (QED) is 0.553. The van der Waals surface area contributed by atoms with Crippen molar-refractivity contribution >= 4 is 5.91 Å². The van der Waals surface area contributed by atoms with Gasteiger partial charge in [0, 0.05) is 24.2 Å². The molecule has 0 radical (unpaired) electrons. The normalized spacial score (nSPS) is 15.4. The van der Waals surface area contributed by atoms with Crippen LogP contribution in [0.5, 0.6) is 17.2 Å².